The second-order valence-electron chi connectivity index (χ2n) is 5.52. The molecule has 1 fully saturated rings. The van der Waals surface area contributed by atoms with Gasteiger partial charge in [0.1, 0.15) is 11.9 Å². The summed E-state index contributed by atoms with van der Waals surface area (Å²) in [7, 11) is -3.59. The van der Waals surface area contributed by atoms with Crippen LogP contribution in [0.4, 0.5) is 4.39 Å². The van der Waals surface area contributed by atoms with Crippen molar-refractivity contribution >= 4 is 26.0 Å². The van der Waals surface area contributed by atoms with Crippen LogP contribution < -0.4 is 4.74 Å². The third-order valence-electron chi connectivity index (χ3n) is 3.80. The second kappa shape index (κ2) is 7.16. The summed E-state index contributed by atoms with van der Waals surface area (Å²) >= 11 is 3.35. The van der Waals surface area contributed by atoms with E-state index in [1.165, 1.54) is 22.5 Å². The zero-order chi connectivity index (χ0) is 17.2. The molecule has 1 aliphatic rings. The van der Waals surface area contributed by atoms with Crippen LogP contribution in [0, 0.1) is 5.82 Å². The molecule has 3 rings (SSSR count). The van der Waals surface area contributed by atoms with Gasteiger partial charge in [0.15, 0.2) is 0 Å². The summed E-state index contributed by atoms with van der Waals surface area (Å²) in [5.41, 5.74) is 0.175. The van der Waals surface area contributed by atoms with Gasteiger partial charge >= 0.3 is 0 Å². The first-order valence-electron chi connectivity index (χ1n) is 7.44. The van der Waals surface area contributed by atoms with Crippen molar-refractivity contribution in [1.82, 2.24) is 9.29 Å². The van der Waals surface area contributed by atoms with E-state index in [0.29, 0.717) is 18.8 Å². The van der Waals surface area contributed by atoms with Crippen molar-refractivity contribution in [3.8, 4) is 5.88 Å². The molecule has 0 radical (unpaired) electrons. The predicted octanol–water partition coefficient (Wildman–Crippen LogP) is 2.97. The number of sulfonamides is 1. The smallest absolute Gasteiger partial charge is 0.228 e. The number of halogens is 2. The fraction of sp³-hybridized carbons (Fsp3) is 0.312. The van der Waals surface area contributed by atoms with Gasteiger partial charge in [-0.1, -0.05) is 18.2 Å². The highest BCUT2D eigenvalue weighted by Crippen LogP contribution is 2.26. The minimum absolute atomic E-state index is 0.175. The molecule has 5 nitrogen and oxygen atoms in total. The van der Waals surface area contributed by atoms with E-state index in [1.807, 2.05) is 6.07 Å². The Bertz CT molecular complexity index is 832. The van der Waals surface area contributed by atoms with Gasteiger partial charge in [-0.25, -0.2) is 17.8 Å². The molecule has 0 saturated carbocycles. The molecule has 24 heavy (non-hydrogen) atoms. The second-order valence-corrected chi connectivity index (χ2v) is 8.35. The van der Waals surface area contributed by atoms with E-state index in [4.69, 9.17) is 4.74 Å². The van der Waals surface area contributed by atoms with E-state index in [0.717, 1.165) is 4.47 Å². The Morgan fingerprint density at radius 2 is 2.08 bits per heavy atom. The third kappa shape index (κ3) is 3.93. The molecule has 0 bridgehead atoms. The SMILES string of the molecule is O=S(=O)(Cc1ccccc1F)N1CCC(Oc2ncccc2Br)C1. The van der Waals surface area contributed by atoms with Gasteiger partial charge in [-0.05, 0) is 40.5 Å². The number of hydrogen-bond donors (Lipinski definition) is 0. The molecule has 0 amide bonds. The van der Waals surface area contributed by atoms with Crippen molar-refractivity contribution in [2.24, 2.45) is 0 Å². The van der Waals surface area contributed by atoms with Crippen molar-refractivity contribution in [2.75, 3.05) is 13.1 Å². The van der Waals surface area contributed by atoms with Crippen LogP contribution in [0.1, 0.15) is 12.0 Å². The number of nitrogens with zero attached hydrogens (tertiary/aromatic N) is 2. The van der Waals surface area contributed by atoms with Crippen molar-refractivity contribution in [1.29, 1.82) is 0 Å². The van der Waals surface area contributed by atoms with E-state index in [9.17, 15) is 12.8 Å². The summed E-state index contributed by atoms with van der Waals surface area (Å²) in [6, 6.07) is 9.50. The number of ether oxygens (including phenoxy) is 1. The molecule has 1 atom stereocenters. The Hall–Kier alpha value is -1.51. The molecular weight excluding hydrogens is 399 g/mol. The van der Waals surface area contributed by atoms with Gasteiger partial charge in [0, 0.05) is 18.3 Å². The normalized spacial score (nSPS) is 18.7. The third-order valence-corrected chi connectivity index (χ3v) is 6.20. The van der Waals surface area contributed by atoms with Gasteiger partial charge in [0.2, 0.25) is 15.9 Å². The molecule has 0 spiro atoms. The lowest BCUT2D eigenvalue weighted by Gasteiger charge is -2.17. The van der Waals surface area contributed by atoms with Gasteiger partial charge in [-0.2, -0.15) is 4.31 Å². The number of rotatable bonds is 5. The molecule has 1 aliphatic heterocycles. The van der Waals surface area contributed by atoms with Crippen LogP contribution >= 0.6 is 15.9 Å². The van der Waals surface area contributed by atoms with Crippen molar-refractivity contribution < 1.29 is 17.5 Å². The monoisotopic (exact) mass is 414 g/mol. The van der Waals surface area contributed by atoms with E-state index in [2.05, 4.69) is 20.9 Å². The maximum Gasteiger partial charge on any atom is 0.228 e. The summed E-state index contributed by atoms with van der Waals surface area (Å²) in [4.78, 5) is 4.12. The van der Waals surface area contributed by atoms with E-state index >= 15 is 0 Å². The standard InChI is InChI=1S/C16H16BrFN2O3S/c17-14-5-3-8-19-16(14)23-13-7-9-20(10-13)24(21,22)11-12-4-1-2-6-15(12)18/h1-6,8,13H,7,9-11H2. The Morgan fingerprint density at radius 3 is 2.83 bits per heavy atom. The maximum atomic E-state index is 13.7. The van der Waals surface area contributed by atoms with Gasteiger partial charge in [-0.3, -0.25) is 0 Å². The van der Waals surface area contributed by atoms with E-state index in [1.54, 1.807) is 18.3 Å². The molecule has 1 aromatic carbocycles. The minimum Gasteiger partial charge on any atom is -0.472 e. The number of pyridine rings is 1. The van der Waals surface area contributed by atoms with Gasteiger partial charge in [-0.15, -0.1) is 0 Å². The van der Waals surface area contributed by atoms with Gasteiger partial charge < -0.3 is 4.74 Å². The zero-order valence-corrected chi connectivity index (χ0v) is 15.1. The largest absolute Gasteiger partial charge is 0.472 e. The first-order valence-corrected chi connectivity index (χ1v) is 9.84. The molecular formula is C16H16BrFN2O3S. The van der Waals surface area contributed by atoms with E-state index < -0.39 is 15.8 Å². The molecule has 1 unspecified atom stereocenters. The lowest BCUT2D eigenvalue weighted by molar-refractivity contribution is 0.205. The highest BCUT2D eigenvalue weighted by molar-refractivity contribution is 9.10. The summed E-state index contributed by atoms with van der Waals surface area (Å²) in [5.74, 6) is -0.416. The molecule has 0 N–H and O–H groups in total. The highest BCUT2D eigenvalue weighted by atomic mass is 79.9. The first-order chi connectivity index (χ1) is 11.5. The number of benzene rings is 1. The summed E-state index contributed by atoms with van der Waals surface area (Å²) in [6.07, 6.45) is 1.91. The first kappa shape index (κ1) is 17.3. The van der Waals surface area contributed by atoms with Crippen molar-refractivity contribution in [2.45, 2.75) is 18.3 Å². The Morgan fingerprint density at radius 1 is 1.29 bits per heavy atom. The maximum absolute atomic E-state index is 13.7. The summed E-state index contributed by atoms with van der Waals surface area (Å²) < 4.78 is 46.5. The van der Waals surface area contributed by atoms with Gasteiger partial charge in [0.25, 0.3) is 0 Å². The number of aromatic nitrogens is 1. The Kier molecular flexibility index (Phi) is 5.17. The minimum atomic E-state index is -3.59. The number of hydrogen-bond acceptors (Lipinski definition) is 4. The molecule has 1 aromatic heterocycles. The van der Waals surface area contributed by atoms with Crippen LogP contribution in [-0.2, 0) is 15.8 Å². The highest BCUT2D eigenvalue weighted by Gasteiger charge is 2.33. The predicted molar refractivity (Wildman–Crippen MR) is 91.6 cm³/mol. The average Bonchev–Trinajstić information content (AvgIpc) is 3.01. The van der Waals surface area contributed by atoms with Crippen LogP contribution in [0.25, 0.3) is 0 Å². The zero-order valence-electron chi connectivity index (χ0n) is 12.7. The van der Waals surface area contributed by atoms with Crippen LogP contribution in [0.5, 0.6) is 5.88 Å². The molecule has 0 aliphatic carbocycles. The molecule has 8 heteroatoms. The summed E-state index contributed by atoms with van der Waals surface area (Å²) in [5, 5.41) is 0. The van der Waals surface area contributed by atoms with Crippen LogP contribution in [0.2, 0.25) is 0 Å². The topological polar surface area (TPSA) is 59.5 Å². The molecule has 2 aromatic rings. The molecule has 1 saturated heterocycles. The lowest BCUT2D eigenvalue weighted by Crippen LogP contribution is -2.32. The Labute approximate surface area is 148 Å². The quantitative estimate of drug-likeness (QED) is 0.754. The lowest BCUT2D eigenvalue weighted by atomic mass is 10.2. The average molecular weight is 415 g/mol. The summed E-state index contributed by atoms with van der Waals surface area (Å²) in [6.45, 7) is 0.589. The Balaban J connectivity index is 1.66. The molecule has 128 valence electrons. The van der Waals surface area contributed by atoms with Crippen LogP contribution in [-0.4, -0.2) is 36.9 Å². The van der Waals surface area contributed by atoms with Crippen LogP contribution in [0.3, 0.4) is 0 Å². The van der Waals surface area contributed by atoms with Crippen molar-refractivity contribution in [3.05, 3.63) is 58.4 Å². The van der Waals surface area contributed by atoms with Gasteiger partial charge in [0.05, 0.1) is 16.8 Å². The van der Waals surface area contributed by atoms with Crippen molar-refractivity contribution in [3.63, 3.8) is 0 Å². The van der Waals surface area contributed by atoms with E-state index in [-0.39, 0.29) is 24.0 Å². The fourth-order valence-electron chi connectivity index (χ4n) is 2.57. The van der Waals surface area contributed by atoms with Crippen LogP contribution in [0.15, 0.2) is 47.1 Å². The molecule has 2 heterocycles. The fourth-order valence-corrected chi connectivity index (χ4v) is 4.50.